The minimum Gasteiger partial charge on any atom is -0.388 e. The summed E-state index contributed by atoms with van der Waals surface area (Å²) in [5, 5.41) is 23.5. The second-order valence-corrected chi connectivity index (χ2v) is 8.88. The number of carbonyl (C=O) groups excluding carboxylic acids is 1. The van der Waals surface area contributed by atoms with Crippen LogP contribution in [0.4, 0.5) is 4.79 Å². The van der Waals surface area contributed by atoms with Crippen molar-refractivity contribution in [2.45, 2.75) is 61.6 Å². The molecule has 4 rings (SSSR count). The summed E-state index contributed by atoms with van der Waals surface area (Å²) < 4.78 is 0. The van der Waals surface area contributed by atoms with E-state index in [0.717, 1.165) is 44.9 Å². The molecule has 1 aromatic carbocycles. The number of benzene rings is 1. The number of amides is 2. The first kappa shape index (κ1) is 19.2. The third-order valence-corrected chi connectivity index (χ3v) is 7.40. The Bertz CT molecular complexity index is 760. The van der Waals surface area contributed by atoms with Crippen molar-refractivity contribution >= 4 is 6.03 Å². The van der Waals surface area contributed by atoms with Crippen LogP contribution >= 0.6 is 0 Å². The Morgan fingerprint density at radius 3 is 2.36 bits per heavy atom. The summed E-state index contributed by atoms with van der Waals surface area (Å²) >= 11 is 0. The summed E-state index contributed by atoms with van der Waals surface area (Å²) in [5.41, 5.74) is 0.170. The summed E-state index contributed by atoms with van der Waals surface area (Å²) in [6, 6.07) is 12.6. The Labute approximate surface area is 167 Å². The van der Waals surface area contributed by atoms with E-state index in [0.29, 0.717) is 13.1 Å². The van der Waals surface area contributed by atoms with Crippen molar-refractivity contribution in [3.63, 3.8) is 0 Å². The third kappa shape index (κ3) is 3.07. The molecule has 2 N–H and O–H groups in total. The zero-order valence-corrected chi connectivity index (χ0v) is 16.7. The van der Waals surface area contributed by atoms with Gasteiger partial charge in [0, 0.05) is 12.1 Å². The molecule has 0 aromatic heterocycles. The first-order valence-electron chi connectivity index (χ1n) is 10.4. The SMILES string of the molecule is CNC1(c2ccccc2)CCC2(CC1)CN(CC#N)C(=O)N2CC1(O)CCC1. The Kier molecular flexibility index (Phi) is 4.84. The van der Waals surface area contributed by atoms with Gasteiger partial charge in [-0.15, -0.1) is 0 Å². The highest BCUT2D eigenvalue weighted by Gasteiger charge is 2.55. The van der Waals surface area contributed by atoms with E-state index in [1.54, 1.807) is 4.90 Å². The lowest BCUT2D eigenvalue weighted by atomic mass is 9.68. The van der Waals surface area contributed by atoms with Gasteiger partial charge in [0.1, 0.15) is 6.54 Å². The van der Waals surface area contributed by atoms with Gasteiger partial charge in [-0.25, -0.2) is 4.79 Å². The van der Waals surface area contributed by atoms with Crippen LogP contribution in [0.1, 0.15) is 50.5 Å². The number of nitrogens with one attached hydrogen (secondary N) is 1. The Balaban J connectivity index is 1.58. The minimum atomic E-state index is -0.748. The van der Waals surface area contributed by atoms with E-state index < -0.39 is 5.60 Å². The summed E-state index contributed by atoms with van der Waals surface area (Å²) in [6.07, 6.45) is 6.13. The third-order valence-electron chi connectivity index (χ3n) is 7.40. The van der Waals surface area contributed by atoms with Gasteiger partial charge in [0.15, 0.2) is 0 Å². The van der Waals surface area contributed by atoms with Crippen molar-refractivity contribution in [3.05, 3.63) is 35.9 Å². The molecule has 3 fully saturated rings. The highest BCUT2D eigenvalue weighted by Crippen LogP contribution is 2.48. The number of urea groups is 1. The van der Waals surface area contributed by atoms with E-state index in [1.807, 2.05) is 18.0 Å². The summed E-state index contributed by atoms with van der Waals surface area (Å²) in [4.78, 5) is 16.6. The second kappa shape index (κ2) is 7.06. The molecule has 6 heteroatoms. The van der Waals surface area contributed by atoms with Gasteiger partial charge < -0.3 is 20.2 Å². The van der Waals surface area contributed by atoms with E-state index in [4.69, 9.17) is 5.26 Å². The molecular formula is C22H30N4O2. The van der Waals surface area contributed by atoms with Crippen molar-refractivity contribution < 1.29 is 9.90 Å². The van der Waals surface area contributed by atoms with Gasteiger partial charge in [0.2, 0.25) is 0 Å². The Morgan fingerprint density at radius 2 is 1.82 bits per heavy atom. The fraction of sp³-hybridized carbons (Fsp3) is 0.636. The van der Waals surface area contributed by atoms with Crippen LogP contribution in [0.5, 0.6) is 0 Å². The molecule has 1 aliphatic heterocycles. The smallest absolute Gasteiger partial charge is 0.321 e. The maximum Gasteiger partial charge on any atom is 0.321 e. The van der Waals surface area contributed by atoms with Crippen molar-refractivity contribution in [2.75, 3.05) is 26.7 Å². The lowest BCUT2D eigenvalue weighted by Gasteiger charge is -2.50. The Morgan fingerprint density at radius 1 is 1.14 bits per heavy atom. The predicted molar refractivity (Wildman–Crippen MR) is 106 cm³/mol. The molecule has 6 nitrogen and oxygen atoms in total. The first-order valence-corrected chi connectivity index (χ1v) is 10.4. The molecule has 1 saturated heterocycles. The van der Waals surface area contributed by atoms with Crippen LogP contribution in [-0.2, 0) is 5.54 Å². The molecule has 1 spiro atoms. The number of hydrogen-bond acceptors (Lipinski definition) is 4. The standard InChI is InChI=1S/C22H30N4O2/c1-24-22(18-6-3-2-4-7-18)12-10-20(11-13-22)16-25(15-14-23)19(27)26(20)17-21(28)8-5-9-21/h2-4,6-7,24,28H,5,8-13,15-17H2,1H3. The number of carbonyl (C=O) groups is 1. The van der Waals surface area contributed by atoms with Gasteiger partial charge in [-0.1, -0.05) is 30.3 Å². The average Bonchev–Trinajstić information content (AvgIpc) is 2.94. The van der Waals surface area contributed by atoms with E-state index >= 15 is 0 Å². The zero-order valence-electron chi connectivity index (χ0n) is 16.7. The van der Waals surface area contributed by atoms with Gasteiger partial charge in [0.25, 0.3) is 0 Å². The molecule has 2 amide bonds. The molecule has 0 radical (unpaired) electrons. The van der Waals surface area contributed by atoms with Crippen molar-refractivity contribution in [2.24, 2.45) is 0 Å². The van der Waals surface area contributed by atoms with E-state index in [1.165, 1.54) is 5.56 Å². The lowest BCUT2D eigenvalue weighted by Crippen LogP contribution is -2.59. The number of hydrogen-bond donors (Lipinski definition) is 2. The van der Waals surface area contributed by atoms with E-state index in [2.05, 4.69) is 35.7 Å². The summed E-state index contributed by atoms with van der Waals surface area (Å²) in [6.45, 7) is 1.10. The van der Waals surface area contributed by atoms with E-state index in [-0.39, 0.29) is 23.7 Å². The highest BCUT2D eigenvalue weighted by molar-refractivity contribution is 5.78. The molecule has 1 aromatic rings. The van der Waals surface area contributed by atoms with Crippen LogP contribution in [0, 0.1) is 11.3 Å². The topological polar surface area (TPSA) is 79.6 Å². The van der Waals surface area contributed by atoms with Crippen molar-refractivity contribution in [3.8, 4) is 6.07 Å². The number of β-amino-alcohol motifs (C(OH)–C–C–N with tert-alkyl or cyclic N) is 1. The lowest BCUT2D eigenvalue weighted by molar-refractivity contribution is -0.0690. The van der Waals surface area contributed by atoms with Crippen molar-refractivity contribution in [1.29, 1.82) is 5.26 Å². The van der Waals surface area contributed by atoms with Crippen LogP contribution in [0.2, 0.25) is 0 Å². The van der Waals surface area contributed by atoms with E-state index in [9.17, 15) is 9.90 Å². The number of aliphatic hydroxyl groups is 1. The zero-order chi connectivity index (χ0) is 19.8. The van der Waals surface area contributed by atoms with Gasteiger partial charge in [0.05, 0.1) is 23.8 Å². The predicted octanol–water partition coefficient (Wildman–Crippen LogP) is 2.59. The maximum atomic E-state index is 13.1. The molecule has 2 saturated carbocycles. The van der Waals surface area contributed by atoms with Gasteiger partial charge >= 0.3 is 6.03 Å². The normalized spacial score (nSPS) is 31.7. The van der Waals surface area contributed by atoms with Crippen LogP contribution in [0.25, 0.3) is 0 Å². The molecule has 150 valence electrons. The molecule has 2 aliphatic carbocycles. The number of nitriles is 1. The molecule has 0 unspecified atom stereocenters. The fourth-order valence-electron chi connectivity index (χ4n) is 5.37. The molecule has 0 bridgehead atoms. The van der Waals surface area contributed by atoms with Crippen LogP contribution in [0.3, 0.4) is 0 Å². The molecule has 0 atom stereocenters. The minimum absolute atomic E-state index is 0.0847. The van der Waals surface area contributed by atoms with Crippen LogP contribution < -0.4 is 5.32 Å². The summed E-state index contributed by atoms with van der Waals surface area (Å²) in [5.74, 6) is 0. The molecule has 3 aliphatic rings. The van der Waals surface area contributed by atoms with Gasteiger partial charge in [-0.3, -0.25) is 0 Å². The molecule has 28 heavy (non-hydrogen) atoms. The monoisotopic (exact) mass is 382 g/mol. The van der Waals surface area contributed by atoms with Crippen LogP contribution in [-0.4, -0.2) is 58.8 Å². The van der Waals surface area contributed by atoms with Crippen molar-refractivity contribution in [1.82, 2.24) is 15.1 Å². The fourth-order valence-corrected chi connectivity index (χ4v) is 5.37. The van der Waals surface area contributed by atoms with Gasteiger partial charge in [-0.2, -0.15) is 5.26 Å². The average molecular weight is 383 g/mol. The number of nitrogens with zero attached hydrogens (tertiary/aromatic N) is 3. The largest absolute Gasteiger partial charge is 0.388 e. The summed E-state index contributed by atoms with van der Waals surface area (Å²) in [7, 11) is 2.02. The van der Waals surface area contributed by atoms with Gasteiger partial charge in [-0.05, 0) is 57.6 Å². The Hall–Kier alpha value is -2.10. The molecule has 1 heterocycles. The maximum absolute atomic E-state index is 13.1. The quantitative estimate of drug-likeness (QED) is 0.767. The first-order chi connectivity index (χ1) is 13.5. The second-order valence-electron chi connectivity index (χ2n) is 8.88. The van der Waals surface area contributed by atoms with Crippen LogP contribution in [0.15, 0.2) is 30.3 Å². The highest BCUT2D eigenvalue weighted by atomic mass is 16.3. The molecular weight excluding hydrogens is 352 g/mol. The number of rotatable bonds is 5.